The van der Waals surface area contributed by atoms with Gasteiger partial charge >= 0.3 is 0 Å². The fourth-order valence-electron chi connectivity index (χ4n) is 1.35. The van der Waals surface area contributed by atoms with Crippen molar-refractivity contribution in [2.75, 3.05) is 12.8 Å². The summed E-state index contributed by atoms with van der Waals surface area (Å²) < 4.78 is 22.3. The Bertz CT molecular complexity index is 490. The minimum absolute atomic E-state index is 0.447. The van der Waals surface area contributed by atoms with Crippen LogP contribution in [0.3, 0.4) is 0 Å². The molecule has 1 aromatic heterocycles. The monoisotopic (exact) mass is 276 g/mol. The fourth-order valence-corrected chi connectivity index (χ4v) is 2.62. The third-order valence-corrected chi connectivity index (χ3v) is 6.06. The van der Waals surface area contributed by atoms with Crippen molar-refractivity contribution in [3.8, 4) is 0 Å². The van der Waals surface area contributed by atoms with E-state index in [1.807, 2.05) is 13.8 Å². The van der Waals surface area contributed by atoms with Crippen LogP contribution >= 0.6 is 11.3 Å². The molecule has 1 rings (SSSR count). The van der Waals surface area contributed by atoms with Gasteiger partial charge in [0, 0.05) is 24.2 Å². The molecule has 0 unspecified atom stereocenters. The Morgan fingerprint density at radius 1 is 1.35 bits per heavy atom. The van der Waals surface area contributed by atoms with Crippen molar-refractivity contribution in [2.45, 2.75) is 39.0 Å². The van der Waals surface area contributed by atoms with Crippen LogP contribution in [0, 0.1) is 13.8 Å². The summed E-state index contributed by atoms with van der Waals surface area (Å²) in [7, 11) is -3.04. The van der Waals surface area contributed by atoms with E-state index >= 15 is 0 Å². The maximum atomic E-state index is 11.5. The van der Waals surface area contributed by atoms with Gasteiger partial charge in [0.25, 0.3) is 0 Å². The van der Waals surface area contributed by atoms with Gasteiger partial charge in [-0.05, 0) is 27.7 Å². The summed E-state index contributed by atoms with van der Waals surface area (Å²) >= 11 is 1.65. The quantitative estimate of drug-likeness (QED) is 0.889. The molecule has 0 aromatic carbocycles. The zero-order chi connectivity index (χ0) is 13.3. The first kappa shape index (κ1) is 14.6. The van der Waals surface area contributed by atoms with Crippen molar-refractivity contribution < 1.29 is 8.42 Å². The van der Waals surface area contributed by atoms with E-state index in [-0.39, 0.29) is 0 Å². The molecule has 0 amide bonds. The molecule has 17 heavy (non-hydrogen) atoms. The number of aromatic nitrogens is 1. The minimum atomic E-state index is -3.04. The van der Waals surface area contributed by atoms with E-state index in [0.717, 1.165) is 10.7 Å². The summed E-state index contributed by atoms with van der Waals surface area (Å²) in [6.45, 7) is 8.54. The Morgan fingerprint density at radius 3 is 2.35 bits per heavy atom. The van der Waals surface area contributed by atoms with E-state index in [4.69, 9.17) is 0 Å². The number of hydrogen-bond acceptors (Lipinski definition) is 5. The van der Waals surface area contributed by atoms with E-state index in [1.165, 1.54) is 11.1 Å². The molecule has 1 N–H and O–H groups in total. The topological polar surface area (TPSA) is 59.1 Å². The molecule has 6 heteroatoms. The number of rotatable bonds is 5. The van der Waals surface area contributed by atoms with Crippen LogP contribution < -0.4 is 5.32 Å². The molecule has 0 aliphatic heterocycles. The fraction of sp³-hybridized carbons (Fsp3) is 0.727. The first-order valence-electron chi connectivity index (χ1n) is 5.47. The van der Waals surface area contributed by atoms with E-state index in [1.54, 1.807) is 25.2 Å². The maximum Gasteiger partial charge on any atom is 0.153 e. The van der Waals surface area contributed by atoms with Gasteiger partial charge in [-0.25, -0.2) is 13.4 Å². The van der Waals surface area contributed by atoms with Gasteiger partial charge in [-0.2, -0.15) is 0 Å². The van der Waals surface area contributed by atoms with Crippen LogP contribution in [0.1, 0.15) is 29.4 Å². The molecule has 0 fully saturated rings. The lowest BCUT2D eigenvalue weighted by Crippen LogP contribution is -2.41. The van der Waals surface area contributed by atoms with Crippen molar-refractivity contribution in [3.63, 3.8) is 0 Å². The van der Waals surface area contributed by atoms with Gasteiger partial charge in [0.1, 0.15) is 0 Å². The highest BCUT2D eigenvalue weighted by Crippen LogP contribution is 2.18. The van der Waals surface area contributed by atoms with Crippen LogP contribution in [0.2, 0.25) is 0 Å². The highest BCUT2D eigenvalue weighted by atomic mass is 32.2. The Kier molecular flexibility index (Phi) is 4.33. The molecule has 1 aromatic rings. The van der Waals surface area contributed by atoms with Gasteiger partial charge in [0.2, 0.25) is 0 Å². The summed E-state index contributed by atoms with van der Waals surface area (Å²) in [6.07, 6.45) is 1.27. The van der Waals surface area contributed by atoms with Crippen LogP contribution in [0.25, 0.3) is 0 Å². The molecular formula is C11H20N2O2S2. The number of sulfone groups is 1. The maximum absolute atomic E-state index is 11.5. The number of thiazole rings is 1. The largest absolute Gasteiger partial charge is 0.310 e. The molecule has 0 spiro atoms. The van der Waals surface area contributed by atoms with Crippen molar-refractivity contribution in [1.82, 2.24) is 10.3 Å². The third-order valence-electron chi connectivity index (χ3n) is 2.84. The first-order chi connectivity index (χ1) is 7.63. The predicted molar refractivity (Wildman–Crippen MR) is 72.2 cm³/mol. The Labute approximate surface area is 107 Å². The van der Waals surface area contributed by atoms with Gasteiger partial charge in [-0.1, -0.05) is 0 Å². The van der Waals surface area contributed by atoms with Gasteiger partial charge in [-0.3, -0.25) is 0 Å². The molecule has 0 radical (unpaired) electrons. The van der Waals surface area contributed by atoms with Crippen LogP contribution in [-0.4, -0.2) is 30.9 Å². The van der Waals surface area contributed by atoms with Crippen LogP contribution in [-0.2, 0) is 16.4 Å². The van der Waals surface area contributed by atoms with Gasteiger partial charge in [0.05, 0.1) is 15.4 Å². The van der Waals surface area contributed by atoms with Crippen LogP contribution in [0.4, 0.5) is 0 Å². The average molecular weight is 276 g/mol. The number of aryl methyl sites for hydroxylation is 2. The standard InChI is InChI=1S/C11H20N2O2S2/c1-8-10(16-9(2)13-8)6-12-7-11(3,4)17(5,14)15/h12H,6-7H2,1-5H3. The zero-order valence-electron chi connectivity index (χ0n) is 11.0. The SMILES string of the molecule is Cc1nc(C)c(CNCC(C)(C)S(C)(=O)=O)s1. The Hall–Kier alpha value is -0.460. The lowest BCUT2D eigenvalue weighted by molar-refractivity contribution is 0.522. The van der Waals surface area contributed by atoms with Gasteiger partial charge in [-0.15, -0.1) is 11.3 Å². The molecule has 0 saturated heterocycles. The van der Waals surface area contributed by atoms with Crippen LogP contribution in [0.15, 0.2) is 0 Å². The summed E-state index contributed by atoms with van der Waals surface area (Å²) in [5.74, 6) is 0. The van der Waals surface area contributed by atoms with Gasteiger partial charge in [0.15, 0.2) is 9.84 Å². The second kappa shape index (κ2) is 5.04. The molecule has 98 valence electrons. The van der Waals surface area contributed by atoms with Gasteiger partial charge < -0.3 is 5.32 Å². The second-order valence-corrected chi connectivity index (χ2v) is 8.81. The normalized spacial score (nSPS) is 13.0. The molecular weight excluding hydrogens is 256 g/mol. The number of hydrogen-bond donors (Lipinski definition) is 1. The lowest BCUT2D eigenvalue weighted by Gasteiger charge is -2.22. The molecule has 0 saturated carbocycles. The highest BCUT2D eigenvalue weighted by molar-refractivity contribution is 7.92. The predicted octanol–water partition coefficient (Wildman–Crippen LogP) is 1.67. The second-order valence-electron chi connectivity index (χ2n) is 4.88. The number of nitrogens with zero attached hydrogens (tertiary/aromatic N) is 1. The Balaban J connectivity index is 2.57. The summed E-state index contributed by atoms with van der Waals surface area (Å²) in [5.41, 5.74) is 1.03. The lowest BCUT2D eigenvalue weighted by atomic mass is 10.2. The molecule has 1 heterocycles. The van der Waals surface area contributed by atoms with E-state index < -0.39 is 14.6 Å². The summed E-state index contributed by atoms with van der Waals surface area (Å²) in [5, 5.41) is 4.24. The summed E-state index contributed by atoms with van der Waals surface area (Å²) in [6, 6.07) is 0. The highest BCUT2D eigenvalue weighted by Gasteiger charge is 2.29. The Morgan fingerprint density at radius 2 is 1.94 bits per heavy atom. The van der Waals surface area contributed by atoms with E-state index in [2.05, 4.69) is 10.3 Å². The van der Waals surface area contributed by atoms with E-state index in [0.29, 0.717) is 13.1 Å². The van der Waals surface area contributed by atoms with Crippen molar-refractivity contribution in [3.05, 3.63) is 15.6 Å². The minimum Gasteiger partial charge on any atom is -0.310 e. The van der Waals surface area contributed by atoms with Crippen LogP contribution in [0.5, 0.6) is 0 Å². The average Bonchev–Trinajstić information content (AvgIpc) is 2.43. The molecule has 4 nitrogen and oxygen atoms in total. The summed E-state index contributed by atoms with van der Waals surface area (Å²) in [4.78, 5) is 5.51. The van der Waals surface area contributed by atoms with Crippen molar-refractivity contribution in [2.24, 2.45) is 0 Å². The van der Waals surface area contributed by atoms with E-state index in [9.17, 15) is 8.42 Å². The molecule has 0 aliphatic rings. The number of nitrogens with one attached hydrogen (secondary N) is 1. The third kappa shape index (κ3) is 3.76. The zero-order valence-corrected chi connectivity index (χ0v) is 12.6. The van der Waals surface area contributed by atoms with Crippen molar-refractivity contribution in [1.29, 1.82) is 0 Å². The smallest absolute Gasteiger partial charge is 0.153 e. The molecule has 0 bridgehead atoms. The molecule has 0 aliphatic carbocycles. The first-order valence-corrected chi connectivity index (χ1v) is 8.17. The molecule has 0 atom stereocenters. The van der Waals surface area contributed by atoms with Crippen molar-refractivity contribution >= 4 is 21.2 Å².